The molecule has 0 aromatic carbocycles. The van der Waals surface area contributed by atoms with Gasteiger partial charge in [0.05, 0.1) is 11.5 Å². The Hall–Kier alpha value is -2.22. The number of likely N-dealkylation sites (N-methyl/N-ethyl adjacent to an activating group) is 1. The Bertz CT molecular complexity index is 603. The first-order chi connectivity index (χ1) is 9.90. The molecule has 0 unspecified atom stereocenters. The Kier molecular flexibility index (Phi) is 4.37. The largest absolute Gasteiger partial charge is 0.352 e. The van der Waals surface area contributed by atoms with Crippen LogP contribution < -0.4 is 5.32 Å². The molecule has 0 atom stereocenters. The van der Waals surface area contributed by atoms with Gasteiger partial charge in [-0.3, -0.25) is 19.7 Å². The molecule has 1 saturated carbocycles. The van der Waals surface area contributed by atoms with E-state index in [0.29, 0.717) is 0 Å². The highest BCUT2D eigenvalue weighted by Gasteiger charge is 2.29. The summed E-state index contributed by atoms with van der Waals surface area (Å²) in [5.41, 5.74) is -0.750. The van der Waals surface area contributed by atoms with Crippen LogP contribution in [0.5, 0.6) is 0 Å². The van der Waals surface area contributed by atoms with Crippen molar-refractivity contribution >= 4 is 29.1 Å². The average Bonchev–Trinajstić information content (AvgIpc) is 3.20. The number of hydrogen-bond acceptors (Lipinski definition) is 5. The fraction of sp³-hybridized carbons (Fsp3) is 0.417. The van der Waals surface area contributed by atoms with Gasteiger partial charge in [0.25, 0.3) is 5.91 Å². The molecule has 0 radical (unpaired) electrons. The average molecular weight is 313 g/mol. The van der Waals surface area contributed by atoms with Crippen molar-refractivity contribution in [2.75, 3.05) is 13.6 Å². The summed E-state index contributed by atoms with van der Waals surface area (Å²) in [5, 5.41) is 13.4. The molecule has 0 spiro atoms. The van der Waals surface area contributed by atoms with E-state index in [9.17, 15) is 19.7 Å². The number of aromatic nitrogens is 1. The predicted octanol–water partition coefficient (Wildman–Crippen LogP) is 0.994. The molecule has 1 aliphatic carbocycles. The minimum absolute atomic E-state index is 0.174. The molecule has 1 fully saturated rings. The third-order valence-electron chi connectivity index (χ3n) is 2.96. The number of nitro groups is 1. The van der Waals surface area contributed by atoms with Gasteiger partial charge in [-0.2, -0.15) is 0 Å². The second-order valence-corrected chi connectivity index (χ2v) is 5.12. The first kappa shape index (κ1) is 15.2. The summed E-state index contributed by atoms with van der Waals surface area (Å²) in [6, 6.07) is 1.40. The summed E-state index contributed by atoms with van der Waals surface area (Å²) in [7, 11) is 1.40. The van der Waals surface area contributed by atoms with Crippen molar-refractivity contribution in [2.24, 2.45) is 0 Å². The van der Waals surface area contributed by atoms with Crippen molar-refractivity contribution in [2.45, 2.75) is 18.9 Å². The van der Waals surface area contributed by atoms with Gasteiger partial charge in [0.1, 0.15) is 5.56 Å². The number of amides is 2. The quantitative estimate of drug-likeness (QED) is 0.496. The van der Waals surface area contributed by atoms with Gasteiger partial charge in [-0.1, -0.05) is 11.6 Å². The summed E-state index contributed by atoms with van der Waals surface area (Å²) in [5.74, 6) is -0.951. The lowest BCUT2D eigenvalue weighted by Crippen LogP contribution is -2.39. The Morgan fingerprint density at radius 1 is 1.57 bits per heavy atom. The molecule has 112 valence electrons. The van der Waals surface area contributed by atoms with E-state index in [4.69, 9.17) is 11.6 Å². The maximum atomic E-state index is 12.2. The molecule has 0 saturated heterocycles. The molecule has 0 aliphatic heterocycles. The lowest BCUT2D eigenvalue weighted by atomic mass is 10.2. The molecular formula is C12H13ClN4O4. The lowest BCUT2D eigenvalue weighted by molar-refractivity contribution is -0.385. The van der Waals surface area contributed by atoms with Gasteiger partial charge in [0.15, 0.2) is 0 Å². The Morgan fingerprint density at radius 3 is 2.81 bits per heavy atom. The molecule has 1 aliphatic rings. The maximum absolute atomic E-state index is 12.2. The summed E-state index contributed by atoms with van der Waals surface area (Å²) < 4.78 is 0. The van der Waals surface area contributed by atoms with Crippen molar-refractivity contribution in [3.8, 4) is 0 Å². The van der Waals surface area contributed by atoms with E-state index in [1.165, 1.54) is 19.3 Å². The summed E-state index contributed by atoms with van der Waals surface area (Å²) in [4.78, 5) is 38.8. The van der Waals surface area contributed by atoms with Gasteiger partial charge in [-0.15, -0.1) is 0 Å². The number of nitrogens with one attached hydrogen (secondary N) is 1. The van der Waals surface area contributed by atoms with Crippen LogP contribution in [0.1, 0.15) is 23.2 Å². The Balaban J connectivity index is 2.13. The van der Waals surface area contributed by atoms with Crippen molar-refractivity contribution in [3.63, 3.8) is 0 Å². The zero-order valence-electron chi connectivity index (χ0n) is 11.2. The molecule has 2 amide bonds. The van der Waals surface area contributed by atoms with Crippen LogP contribution in [-0.2, 0) is 4.79 Å². The molecule has 1 aromatic rings. The molecule has 8 nitrogen and oxygen atoms in total. The number of pyridine rings is 1. The number of carbonyl (C=O) groups excluding carboxylic acids is 2. The van der Waals surface area contributed by atoms with Gasteiger partial charge >= 0.3 is 5.69 Å². The number of hydrogen-bond donors (Lipinski definition) is 1. The Morgan fingerprint density at radius 2 is 2.24 bits per heavy atom. The maximum Gasteiger partial charge on any atom is 0.319 e. The topological polar surface area (TPSA) is 105 Å². The fourth-order valence-electron chi connectivity index (χ4n) is 1.77. The van der Waals surface area contributed by atoms with Crippen molar-refractivity contribution in [3.05, 3.63) is 33.1 Å². The van der Waals surface area contributed by atoms with Crippen LogP contribution in [-0.4, -0.2) is 46.3 Å². The van der Waals surface area contributed by atoms with Crippen LogP contribution in [0.15, 0.2) is 12.3 Å². The van der Waals surface area contributed by atoms with E-state index in [-0.39, 0.29) is 29.2 Å². The van der Waals surface area contributed by atoms with E-state index in [0.717, 1.165) is 17.7 Å². The molecular weight excluding hydrogens is 300 g/mol. The Labute approximate surface area is 125 Å². The number of rotatable bonds is 5. The van der Waals surface area contributed by atoms with Crippen LogP contribution in [0.25, 0.3) is 0 Å². The number of nitrogens with zero attached hydrogens (tertiary/aromatic N) is 3. The van der Waals surface area contributed by atoms with Crippen molar-refractivity contribution in [1.82, 2.24) is 15.2 Å². The molecule has 9 heteroatoms. The third kappa shape index (κ3) is 3.66. The first-order valence-corrected chi connectivity index (χ1v) is 6.61. The van der Waals surface area contributed by atoms with E-state index < -0.39 is 16.5 Å². The second-order valence-electron chi connectivity index (χ2n) is 4.76. The zero-order chi connectivity index (χ0) is 15.6. The molecule has 2 rings (SSSR count). The van der Waals surface area contributed by atoms with E-state index >= 15 is 0 Å². The van der Waals surface area contributed by atoms with Crippen LogP contribution in [0.4, 0.5) is 5.69 Å². The monoisotopic (exact) mass is 312 g/mol. The van der Waals surface area contributed by atoms with Crippen LogP contribution >= 0.6 is 11.6 Å². The lowest BCUT2D eigenvalue weighted by Gasteiger charge is -2.16. The van der Waals surface area contributed by atoms with Gasteiger partial charge in [0, 0.05) is 19.3 Å². The second kappa shape index (κ2) is 6.04. The van der Waals surface area contributed by atoms with Crippen LogP contribution in [0.3, 0.4) is 0 Å². The smallest absolute Gasteiger partial charge is 0.319 e. The molecule has 1 aromatic heterocycles. The number of carbonyl (C=O) groups is 2. The fourth-order valence-corrected chi connectivity index (χ4v) is 2.00. The summed E-state index contributed by atoms with van der Waals surface area (Å²) in [6.07, 6.45) is 3.09. The van der Waals surface area contributed by atoms with Gasteiger partial charge in [-0.25, -0.2) is 4.98 Å². The third-order valence-corrected chi connectivity index (χ3v) is 3.24. The van der Waals surface area contributed by atoms with Crippen LogP contribution in [0.2, 0.25) is 5.15 Å². The van der Waals surface area contributed by atoms with E-state index in [1.807, 2.05) is 0 Å². The van der Waals surface area contributed by atoms with E-state index in [1.54, 1.807) is 0 Å². The predicted molar refractivity (Wildman–Crippen MR) is 74.0 cm³/mol. The zero-order valence-corrected chi connectivity index (χ0v) is 12.0. The standard InChI is InChI=1S/C12H13ClN4O4/c1-16(6-9(18)15-7-2-3-7)12(19)8-4-5-14-11(13)10(8)17(20)21/h4-5,7H,2-3,6H2,1H3,(H,15,18). The van der Waals surface area contributed by atoms with Gasteiger partial charge in [0.2, 0.25) is 11.1 Å². The number of halogens is 1. The first-order valence-electron chi connectivity index (χ1n) is 6.24. The summed E-state index contributed by atoms with van der Waals surface area (Å²) >= 11 is 5.65. The minimum atomic E-state index is -0.763. The minimum Gasteiger partial charge on any atom is -0.352 e. The van der Waals surface area contributed by atoms with Gasteiger partial charge < -0.3 is 10.2 Å². The van der Waals surface area contributed by atoms with E-state index in [2.05, 4.69) is 10.3 Å². The molecule has 1 heterocycles. The highest BCUT2D eigenvalue weighted by molar-refractivity contribution is 6.32. The van der Waals surface area contributed by atoms with Crippen molar-refractivity contribution in [1.29, 1.82) is 0 Å². The normalized spacial score (nSPS) is 13.6. The molecule has 21 heavy (non-hydrogen) atoms. The highest BCUT2D eigenvalue weighted by atomic mass is 35.5. The van der Waals surface area contributed by atoms with Crippen molar-refractivity contribution < 1.29 is 14.5 Å². The molecule has 0 bridgehead atoms. The highest BCUT2D eigenvalue weighted by Crippen LogP contribution is 2.26. The summed E-state index contributed by atoms with van der Waals surface area (Å²) in [6.45, 7) is -0.174. The SMILES string of the molecule is CN(CC(=O)NC1CC1)C(=O)c1ccnc(Cl)c1[N+](=O)[O-]. The molecule has 1 N–H and O–H groups in total. The van der Waals surface area contributed by atoms with Crippen LogP contribution in [0, 0.1) is 10.1 Å². The van der Waals surface area contributed by atoms with Gasteiger partial charge in [-0.05, 0) is 18.9 Å².